The Morgan fingerprint density at radius 3 is 2.85 bits per heavy atom. The summed E-state index contributed by atoms with van der Waals surface area (Å²) in [4.78, 5) is 0. The fourth-order valence-corrected chi connectivity index (χ4v) is 1.75. The summed E-state index contributed by atoms with van der Waals surface area (Å²) in [5.74, 6) is 1.75. The van der Waals surface area contributed by atoms with Crippen molar-refractivity contribution in [1.29, 1.82) is 0 Å². The van der Waals surface area contributed by atoms with Gasteiger partial charge in [-0.05, 0) is 19.9 Å². The summed E-state index contributed by atoms with van der Waals surface area (Å²) < 4.78 is 11.0. The van der Waals surface area contributed by atoms with Gasteiger partial charge in [-0.1, -0.05) is 12.1 Å². The fraction of sp³-hybridized carbons (Fsp3) is 0.455. The molecule has 13 heavy (non-hydrogen) atoms. The van der Waals surface area contributed by atoms with Crippen LogP contribution < -0.4 is 9.47 Å². The van der Waals surface area contributed by atoms with E-state index in [2.05, 4.69) is 19.9 Å². The lowest BCUT2D eigenvalue weighted by atomic mass is 10.0. The lowest BCUT2D eigenvalue weighted by Gasteiger charge is -2.17. The molecule has 0 spiro atoms. The highest BCUT2D eigenvalue weighted by atomic mass is 16.5. The molecule has 0 radical (unpaired) electrons. The Morgan fingerprint density at radius 2 is 2.15 bits per heavy atom. The number of para-hydroxylation sites is 1. The molecule has 0 bridgehead atoms. The van der Waals surface area contributed by atoms with Gasteiger partial charge in [0.1, 0.15) is 5.60 Å². The third kappa shape index (κ3) is 1.37. The van der Waals surface area contributed by atoms with E-state index in [0.29, 0.717) is 0 Å². The predicted octanol–water partition coefficient (Wildman–Crippen LogP) is 2.41. The van der Waals surface area contributed by atoms with Crippen molar-refractivity contribution in [2.45, 2.75) is 25.9 Å². The molecule has 2 nitrogen and oxygen atoms in total. The second-order valence-electron chi connectivity index (χ2n) is 3.99. The van der Waals surface area contributed by atoms with Gasteiger partial charge >= 0.3 is 0 Å². The Labute approximate surface area is 78.5 Å². The van der Waals surface area contributed by atoms with Crippen molar-refractivity contribution in [3.63, 3.8) is 0 Å². The van der Waals surface area contributed by atoms with Crippen LogP contribution in [0.1, 0.15) is 19.4 Å². The maximum absolute atomic E-state index is 5.79. The molecular formula is C11H14O2. The molecule has 1 aromatic rings. The minimum atomic E-state index is -0.0863. The molecule has 70 valence electrons. The summed E-state index contributed by atoms with van der Waals surface area (Å²) in [6, 6.07) is 6.02. The number of fused-ring (bicyclic) bond motifs is 1. The molecule has 1 aromatic carbocycles. The number of ether oxygens (including phenoxy) is 2. The smallest absolute Gasteiger partial charge is 0.165 e. The topological polar surface area (TPSA) is 18.5 Å². The highest BCUT2D eigenvalue weighted by Gasteiger charge is 2.31. The van der Waals surface area contributed by atoms with Crippen molar-refractivity contribution in [2.75, 3.05) is 7.11 Å². The predicted molar refractivity (Wildman–Crippen MR) is 51.4 cm³/mol. The van der Waals surface area contributed by atoms with Crippen LogP contribution in [-0.2, 0) is 6.42 Å². The van der Waals surface area contributed by atoms with E-state index >= 15 is 0 Å². The average molecular weight is 178 g/mol. The zero-order chi connectivity index (χ0) is 9.47. The number of hydrogen-bond acceptors (Lipinski definition) is 2. The Kier molecular flexibility index (Phi) is 1.72. The molecule has 1 aliphatic rings. The van der Waals surface area contributed by atoms with Gasteiger partial charge in [0.2, 0.25) is 0 Å². The molecule has 0 fully saturated rings. The third-order valence-electron chi connectivity index (χ3n) is 2.27. The van der Waals surface area contributed by atoms with E-state index < -0.39 is 0 Å². The normalized spacial score (nSPS) is 17.8. The van der Waals surface area contributed by atoms with Crippen molar-refractivity contribution in [1.82, 2.24) is 0 Å². The van der Waals surface area contributed by atoms with Gasteiger partial charge in [0.05, 0.1) is 7.11 Å². The van der Waals surface area contributed by atoms with Gasteiger partial charge in [-0.2, -0.15) is 0 Å². The highest BCUT2D eigenvalue weighted by molar-refractivity contribution is 5.50. The molecule has 0 atom stereocenters. The molecule has 1 heterocycles. The standard InChI is InChI=1S/C11H14O2/c1-11(2)7-8-5-4-6-9(12-3)10(8)13-11/h4-6H,7H2,1-3H3. The zero-order valence-corrected chi connectivity index (χ0v) is 8.26. The average Bonchev–Trinajstić information content (AvgIpc) is 2.37. The first-order chi connectivity index (χ1) is 6.12. The Morgan fingerprint density at radius 1 is 1.38 bits per heavy atom. The van der Waals surface area contributed by atoms with Gasteiger partial charge in [0.15, 0.2) is 11.5 Å². The van der Waals surface area contributed by atoms with Crippen LogP contribution >= 0.6 is 0 Å². The number of benzene rings is 1. The molecule has 0 saturated carbocycles. The van der Waals surface area contributed by atoms with Crippen LogP contribution in [0.5, 0.6) is 11.5 Å². The van der Waals surface area contributed by atoms with Crippen LogP contribution in [-0.4, -0.2) is 12.7 Å². The van der Waals surface area contributed by atoms with Gasteiger partial charge < -0.3 is 9.47 Å². The minimum absolute atomic E-state index is 0.0863. The summed E-state index contributed by atoms with van der Waals surface area (Å²) in [6.07, 6.45) is 0.958. The highest BCUT2D eigenvalue weighted by Crippen LogP contribution is 2.41. The Balaban J connectivity index is 2.45. The first kappa shape index (κ1) is 8.42. The van der Waals surface area contributed by atoms with Crippen LogP contribution in [0.3, 0.4) is 0 Å². The van der Waals surface area contributed by atoms with Gasteiger partial charge in [0, 0.05) is 12.0 Å². The quantitative estimate of drug-likeness (QED) is 0.657. The lowest BCUT2D eigenvalue weighted by molar-refractivity contribution is 0.134. The molecule has 0 aromatic heterocycles. The van der Waals surface area contributed by atoms with E-state index in [1.807, 2.05) is 12.1 Å². The van der Waals surface area contributed by atoms with Gasteiger partial charge in [-0.3, -0.25) is 0 Å². The van der Waals surface area contributed by atoms with Crippen LogP contribution in [0.15, 0.2) is 18.2 Å². The van der Waals surface area contributed by atoms with E-state index in [0.717, 1.165) is 17.9 Å². The van der Waals surface area contributed by atoms with E-state index in [-0.39, 0.29) is 5.60 Å². The number of methoxy groups -OCH3 is 1. The van der Waals surface area contributed by atoms with E-state index in [1.54, 1.807) is 7.11 Å². The van der Waals surface area contributed by atoms with Gasteiger partial charge in [-0.25, -0.2) is 0 Å². The fourth-order valence-electron chi connectivity index (χ4n) is 1.75. The second-order valence-corrected chi connectivity index (χ2v) is 3.99. The van der Waals surface area contributed by atoms with Crippen molar-refractivity contribution < 1.29 is 9.47 Å². The maximum Gasteiger partial charge on any atom is 0.165 e. The van der Waals surface area contributed by atoms with Crippen LogP contribution in [0.25, 0.3) is 0 Å². The molecule has 0 N–H and O–H groups in total. The summed E-state index contributed by atoms with van der Waals surface area (Å²) >= 11 is 0. The van der Waals surface area contributed by atoms with Crippen LogP contribution in [0, 0.1) is 0 Å². The van der Waals surface area contributed by atoms with Crippen molar-refractivity contribution in [3.8, 4) is 11.5 Å². The Hall–Kier alpha value is -1.18. The van der Waals surface area contributed by atoms with Crippen molar-refractivity contribution >= 4 is 0 Å². The van der Waals surface area contributed by atoms with E-state index in [4.69, 9.17) is 9.47 Å². The number of rotatable bonds is 1. The molecule has 1 aliphatic heterocycles. The Bertz CT molecular complexity index is 329. The van der Waals surface area contributed by atoms with E-state index in [1.165, 1.54) is 5.56 Å². The lowest BCUT2D eigenvalue weighted by Crippen LogP contribution is -2.24. The van der Waals surface area contributed by atoms with Crippen molar-refractivity contribution in [2.24, 2.45) is 0 Å². The molecule has 2 rings (SSSR count). The molecule has 2 heteroatoms. The molecule has 0 saturated heterocycles. The number of hydrogen-bond donors (Lipinski definition) is 0. The maximum atomic E-state index is 5.79. The first-order valence-electron chi connectivity index (χ1n) is 4.47. The monoisotopic (exact) mass is 178 g/mol. The largest absolute Gasteiger partial charge is 0.493 e. The van der Waals surface area contributed by atoms with Crippen LogP contribution in [0.4, 0.5) is 0 Å². The minimum Gasteiger partial charge on any atom is -0.493 e. The first-order valence-corrected chi connectivity index (χ1v) is 4.47. The van der Waals surface area contributed by atoms with Gasteiger partial charge in [-0.15, -0.1) is 0 Å². The van der Waals surface area contributed by atoms with Gasteiger partial charge in [0.25, 0.3) is 0 Å². The van der Waals surface area contributed by atoms with Crippen molar-refractivity contribution in [3.05, 3.63) is 23.8 Å². The van der Waals surface area contributed by atoms with Crippen LogP contribution in [0.2, 0.25) is 0 Å². The zero-order valence-electron chi connectivity index (χ0n) is 8.26. The summed E-state index contributed by atoms with van der Waals surface area (Å²) in [5, 5.41) is 0. The second kappa shape index (κ2) is 2.66. The molecule has 0 unspecified atom stereocenters. The summed E-state index contributed by atoms with van der Waals surface area (Å²) in [6.45, 7) is 4.18. The summed E-state index contributed by atoms with van der Waals surface area (Å²) in [5.41, 5.74) is 1.15. The molecule has 0 aliphatic carbocycles. The molecular weight excluding hydrogens is 164 g/mol. The molecule has 0 amide bonds. The SMILES string of the molecule is COc1cccc2c1OC(C)(C)C2. The summed E-state index contributed by atoms with van der Waals surface area (Å²) in [7, 11) is 1.67. The third-order valence-corrected chi connectivity index (χ3v) is 2.27. The van der Waals surface area contributed by atoms with E-state index in [9.17, 15) is 0 Å².